The second kappa shape index (κ2) is 7.36. The molecule has 7 nitrogen and oxygen atoms in total. The van der Waals surface area contributed by atoms with Gasteiger partial charge in [0.15, 0.2) is 5.75 Å². The lowest BCUT2D eigenvalue weighted by Crippen LogP contribution is -2.52. The Hall–Kier alpha value is -1.86. The number of ether oxygens (including phenoxy) is 1. The summed E-state index contributed by atoms with van der Waals surface area (Å²) in [6.07, 6.45) is 1.23. The van der Waals surface area contributed by atoms with E-state index in [0.29, 0.717) is 25.9 Å². The van der Waals surface area contributed by atoms with Gasteiger partial charge in [-0.1, -0.05) is 0 Å². The molecule has 1 aromatic rings. The molecule has 2 aliphatic heterocycles. The minimum atomic E-state index is -1.74. The molecule has 0 aliphatic carbocycles. The summed E-state index contributed by atoms with van der Waals surface area (Å²) in [5.74, 6) is 0.205. The Bertz CT molecular complexity index is 723. The Kier molecular flexibility index (Phi) is 3.83. The third-order valence-corrected chi connectivity index (χ3v) is 4.58. The van der Waals surface area contributed by atoms with Gasteiger partial charge in [-0.25, -0.2) is 0 Å². The number of nitrogens with zero attached hydrogens (tertiary/aromatic N) is 4. The van der Waals surface area contributed by atoms with Gasteiger partial charge in [-0.15, -0.1) is 0 Å². The number of piperazine rings is 1. The van der Waals surface area contributed by atoms with Crippen LogP contribution in [-0.2, 0) is 0 Å². The number of piperidine rings is 1. The first-order chi connectivity index (χ1) is 13.0. The zero-order chi connectivity index (χ0) is 20.7. The number of anilines is 1. The summed E-state index contributed by atoms with van der Waals surface area (Å²) in [5.41, 5.74) is 0.727. The molecule has 0 bridgehead atoms. The minimum Gasteiger partial charge on any atom is -0.490 e. The van der Waals surface area contributed by atoms with Crippen molar-refractivity contribution in [2.75, 3.05) is 58.2 Å². The maximum Gasteiger partial charge on any atom is 0.311 e. The van der Waals surface area contributed by atoms with Crippen LogP contribution >= 0.6 is 0 Å². The Morgan fingerprint density at radius 2 is 1.92 bits per heavy atom. The highest BCUT2D eigenvalue weighted by Crippen LogP contribution is 2.32. The van der Waals surface area contributed by atoms with Crippen molar-refractivity contribution in [3.05, 3.63) is 28.3 Å². The molecule has 0 amide bonds. The van der Waals surface area contributed by atoms with Crippen molar-refractivity contribution >= 4 is 11.4 Å². The van der Waals surface area contributed by atoms with E-state index >= 15 is 0 Å². The van der Waals surface area contributed by atoms with E-state index in [2.05, 4.69) is 4.90 Å². The van der Waals surface area contributed by atoms with Crippen LogP contribution in [0.15, 0.2) is 18.2 Å². The maximum absolute atomic E-state index is 11.1. The Morgan fingerprint density at radius 3 is 2.50 bits per heavy atom. The van der Waals surface area contributed by atoms with Crippen molar-refractivity contribution in [1.29, 1.82) is 0 Å². The monoisotopic (exact) mass is 338 g/mol. The van der Waals surface area contributed by atoms with Gasteiger partial charge in [0.1, 0.15) is 0 Å². The number of hydrogen-bond donors (Lipinski definition) is 0. The molecule has 3 rings (SSSR count). The largest absolute Gasteiger partial charge is 0.490 e. The molecule has 0 saturated carbocycles. The third kappa shape index (κ3) is 3.62. The van der Waals surface area contributed by atoms with Crippen molar-refractivity contribution < 1.29 is 15.1 Å². The lowest BCUT2D eigenvalue weighted by Gasteiger charge is -2.42. The van der Waals surface area contributed by atoms with Crippen molar-refractivity contribution in [2.24, 2.45) is 0 Å². The quantitative estimate of drug-likeness (QED) is 0.616. The molecule has 0 spiro atoms. The van der Waals surface area contributed by atoms with E-state index in [1.807, 2.05) is 0 Å². The van der Waals surface area contributed by atoms with Crippen molar-refractivity contribution in [2.45, 2.75) is 18.9 Å². The average Bonchev–Trinajstić information content (AvgIpc) is 2.59. The van der Waals surface area contributed by atoms with Crippen LogP contribution in [0, 0.1) is 10.1 Å². The predicted octanol–water partition coefficient (Wildman–Crippen LogP) is 1.82. The van der Waals surface area contributed by atoms with E-state index in [1.54, 1.807) is 24.1 Å². The second-order valence-corrected chi connectivity index (χ2v) is 6.19. The number of rotatable bonds is 4. The maximum atomic E-state index is 11.1. The van der Waals surface area contributed by atoms with E-state index in [9.17, 15) is 10.1 Å². The van der Waals surface area contributed by atoms with Crippen molar-refractivity contribution in [3.63, 3.8) is 0 Å². The van der Waals surface area contributed by atoms with E-state index in [1.165, 1.54) is 18.1 Å². The van der Waals surface area contributed by atoms with Gasteiger partial charge in [0.2, 0.25) is 0 Å². The molecule has 2 fully saturated rings. The number of likely N-dealkylation sites (N-methyl/N-ethyl adjacent to an activating group) is 1. The topological polar surface area (TPSA) is 62.1 Å². The molecule has 0 radical (unpaired) electrons. The molecule has 1 aromatic carbocycles. The number of hydrogen-bond acceptors (Lipinski definition) is 6. The smallest absolute Gasteiger partial charge is 0.311 e. The van der Waals surface area contributed by atoms with Crippen molar-refractivity contribution in [3.8, 4) is 5.75 Å². The molecule has 0 aromatic heterocycles. The van der Waals surface area contributed by atoms with E-state index in [-0.39, 0.29) is 30.6 Å². The summed E-state index contributed by atoms with van der Waals surface area (Å²) in [4.78, 5) is 15.8. The van der Waals surface area contributed by atoms with Crippen LogP contribution in [-0.4, -0.2) is 74.1 Å². The zero-order valence-corrected chi connectivity index (χ0v) is 14.1. The van der Waals surface area contributed by atoms with Crippen molar-refractivity contribution in [1.82, 2.24) is 9.80 Å². The fourth-order valence-electron chi connectivity index (χ4n) is 3.16. The summed E-state index contributed by atoms with van der Waals surface area (Å²) in [6.45, 7) is -1.90. The highest BCUT2D eigenvalue weighted by atomic mass is 16.6. The van der Waals surface area contributed by atoms with Gasteiger partial charge in [0.25, 0.3) is 0 Å². The first kappa shape index (κ1) is 12.5. The fourth-order valence-corrected chi connectivity index (χ4v) is 3.16. The van der Waals surface area contributed by atoms with Crippen LogP contribution in [0.3, 0.4) is 0 Å². The molecular weight excluding hydrogens is 308 g/mol. The number of nitro groups is 1. The molecule has 0 N–H and O–H groups in total. The number of benzene rings is 1. The van der Waals surface area contributed by atoms with Gasteiger partial charge in [-0.3, -0.25) is 15.0 Å². The minimum absolute atomic E-state index is 0.0834. The first-order valence-electron chi connectivity index (χ1n) is 10.1. The Labute approximate surface area is 148 Å². The summed E-state index contributed by atoms with van der Waals surface area (Å²) >= 11 is 0. The molecule has 0 atom stereocenters. The molecule has 2 heterocycles. The summed E-state index contributed by atoms with van der Waals surface area (Å²) in [7, 11) is 3.13. The van der Waals surface area contributed by atoms with Crippen LogP contribution in [0.25, 0.3) is 0 Å². The highest BCUT2D eigenvalue weighted by Gasteiger charge is 2.27. The first-order valence-corrected chi connectivity index (χ1v) is 8.10. The number of methoxy groups -OCH3 is 1. The molecule has 0 unspecified atom stereocenters. The van der Waals surface area contributed by atoms with Gasteiger partial charge in [-0.05, 0) is 26.0 Å². The van der Waals surface area contributed by atoms with E-state index < -0.39 is 17.9 Å². The van der Waals surface area contributed by atoms with Gasteiger partial charge >= 0.3 is 5.69 Å². The van der Waals surface area contributed by atoms with Gasteiger partial charge in [0, 0.05) is 68.5 Å². The zero-order valence-electron chi connectivity index (χ0n) is 18.1. The van der Waals surface area contributed by atoms with Crippen LogP contribution in [0.5, 0.6) is 5.75 Å². The van der Waals surface area contributed by atoms with E-state index in [4.69, 9.17) is 10.2 Å². The van der Waals surface area contributed by atoms with E-state index in [0.717, 1.165) is 5.69 Å². The SMILES string of the molecule is [2H]C1([2H])CN(C)CC([2H])([2H])N1C1CCN(c2ccc([N+](=O)[O-])c(OC)c2)CC1. The van der Waals surface area contributed by atoms with Gasteiger partial charge in [0.05, 0.1) is 12.0 Å². The third-order valence-electron chi connectivity index (χ3n) is 4.58. The highest BCUT2D eigenvalue weighted by molar-refractivity contribution is 5.59. The summed E-state index contributed by atoms with van der Waals surface area (Å²) in [5, 5.41) is 11.1. The standard InChI is InChI=1S/C17H26N4O3/c1-18-9-11-20(12-10-18)14-5-7-19(8-6-14)15-3-4-16(21(22)23)17(13-15)24-2/h3-4,13-14H,5-12H2,1-2H3/i11D2,12D2. The molecule has 2 saturated heterocycles. The molecule has 2 aliphatic rings. The van der Waals surface area contributed by atoms with Gasteiger partial charge in [-0.2, -0.15) is 0 Å². The fraction of sp³-hybridized carbons (Fsp3) is 0.647. The summed E-state index contributed by atoms with van der Waals surface area (Å²) in [6, 6.07) is 4.56. The van der Waals surface area contributed by atoms with Crippen LogP contribution in [0.2, 0.25) is 0 Å². The molecule has 132 valence electrons. The molecule has 7 heteroatoms. The Balaban J connectivity index is 1.73. The average molecular weight is 338 g/mol. The Morgan fingerprint density at radius 1 is 1.25 bits per heavy atom. The lowest BCUT2D eigenvalue weighted by atomic mass is 10.0. The molecule has 24 heavy (non-hydrogen) atoms. The number of nitro benzene ring substituents is 1. The normalized spacial score (nSPS) is 27.7. The van der Waals surface area contributed by atoms with Crippen LogP contribution in [0.1, 0.15) is 18.3 Å². The summed E-state index contributed by atoms with van der Waals surface area (Å²) < 4.78 is 38.6. The van der Waals surface area contributed by atoms with Gasteiger partial charge < -0.3 is 14.5 Å². The lowest BCUT2D eigenvalue weighted by molar-refractivity contribution is -0.385. The predicted molar refractivity (Wildman–Crippen MR) is 94.0 cm³/mol. The molecular formula is C17H26N4O3. The van der Waals surface area contributed by atoms with Crippen LogP contribution < -0.4 is 9.64 Å². The van der Waals surface area contributed by atoms with Crippen LogP contribution in [0.4, 0.5) is 11.4 Å². The second-order valence-electron chi connectivity index (χ2n) is 6.19.